The number of likely N-dealkylation sites (tertiary alicyclic amines) is 1. The van der Waals surface area contributed by atoms with E-state index in [-0.39, 0.29) is 11.8 Å². The maximum Gasteiger partial charge on any atom is 0.227 e. The van der Waals surface area contributed by atoms with Crippen LogP contribution in [0.25, 0.3) is 11.0 Å². The van der Waals surface area contributed by atoms with Crippen LogP contribution in [0.15, 0.2) is 33.7 Å². The Morgan fingerprint density at radius 3 is 3.12 bits per heavy atom. The molecule has 1 atom stereocenters. The van der Waals surface area contributed by atoms with Crippen LogP contribution in [0.1, 0.15) is 35.7 Å². The highest BCUT2D eigenvalue weighted by Crippen LogP contribution is 2.29. The number of halogens is 1. The lowest BCUT2D eigenvalue weighted by molar-refractivity contribution is -0.131. The minimum atomic E-state index is 0.0765. The molecule has 3 heterocycles. The molecule has 1 amide bonds. The van der Waals surface area contributed by atoms with E-state index in [1.165, 1.54) is 6.39 Å². The van der Waals surface area contributed by atoms with Gasteiger partial charge in [0.05, 0.1) is 12.7 Å². The molecule has 0 unspecified atom stereocenters. The lowest BCUT2D eigenvalue weighted by atomic mass is 9.96. The molecule has 1 fully saturated rings. The Kier molecular flexibility index (Phi) is 4.21. The van der Waals surface area contributed by atoms with E-state index in [2.05, 4.69) is 10.1 Å². The van der Waals surface area contributed by atoms with Crippen molar-refractivity contribution in [3.05, 3.63) is 46.8 Å². The minimum Gasteiger partial charge on any atom is -0.464 e. The number of hydrogen-bond acceptors (Lipinski definition) is 5. The molecular formula is C18H18ClN3O3. The van der Waals surface area contributed by atoms with Gasteiger partial charge < -0.3 is 13.8 Å². The van der Waals surface area contributed by atoms with Crippen molar-refractivity contribution in [1.29, 1.82) is 0 Å². The number of piperidine rings is 1. The van der Waals surface area contributed by atoms with Gasteiger partial charge in [-0.15, -0.1) is 0 Å². The average Bonchev–Trinajstić information content (AvgIpc) is 3.27. The number of fused-ring (bicyclic) bond motifs is 1. The van der Waals surface area contributed by atoms with E-state index < -0.39 is 0 Å². The van der Waals surface area contributed by atoms with Crippen LogP contribution in [0.5, 0.6) is 0 Å². The summed E-state index contributed by atoms with van der Waals surface area (Å²) in [5, 5.41) is 5.49. The first kappa shape index (κ1) is 16.1. The fourth-order valence-corrected chi connectivity index (χ4v) is 3.55. The molecule has 0 bridgehead atoms. The molecule has 2 aromatic heterocycles. The van der Waals surface area contributed by atoms with Crippen LogP contribution in [0.4, 0.5) is 0 Å². The second-order valence-corrected chi connectivity index (χ2v) is 6.91. The van der Waals surface area contributed by atoms with Crippen LogP contribution in [-0.4, -0.2) is 34.0 Å². The molecule has 25 heavy (non-hydrogen) atoms. The molecule has 0 N–H and O–H groups in total. The second kappa shape index (κ2) is 6.52. The largest absolute Gasteiger partial charge is 0.464 e. The Morgan fingerprint density at radius 1 is 1.44 bits per heavy atom. The van der Waals surface area contributed by atoms with Crippen molar-refractivity contribution in [2.45, 2.75) is 32.1 Å². The molecular weight excluding hydrogens is 342 g/mol. The fraction of sp³-hybridized carbons (Fsp3) is 0.389. The van der Waals surface area contributed by atoms with Crippen molar-refractivity contribution in [2.75, 3.05) is 13.1 Å². The zero-order chi connectivity index (χ0) is 17.4. The Hall–Kier alpha value is -2.34. The molecule has 1 aliphatic rings. The number of nitrogens with zero attached hydrogens (tertiary/aromatic N) is 3. The Labute approximate surface area is 149 Å². The van der Waals surface area contributed by atoms with Gasteiger partial charge in [0.2, 0.25) is 12.3 Å². The molecule has 7 heteroatoms. The molecule has 130 valence electrons. The van der Waals surface area contributed by atoms with E-state index in [0.29, 0.717) is 23.8 Å². The topological polar surface area (TPSA) is 72.4 Å². The van der Waals surface area contributed by atoms with Gasteiger partial charge >= 0.3 is 0 Å². The molecule has 0 aliphatic carbocycles. The fourth-order valence-electron chi connectivity index (χ4n) is 3.39. The van der Waals surface area contributed by atoms with E-state index in [1.54, 1.807) is 6.26 Å². The number of rotatable bonds is 3. The zero-order valence-electron chi connectivity index (χ0n) is 13.9. The SMILES string of the molecule is Cc1cc2occ(CC(=O)N3CCC[C@H](c4ncon4)C3)c2cc1Cl. The summed E-state index contributed by atoms with van der Waals surface area (Å²) in [4.78, 5) is 18.8. The Bertz CT molecular complexity index is 904. The molecule has 1 aromatic carbocycles. The molecule has 0 spiro atoms. The van der Waals surface area contributed by atoms with E-state index in [9.17, 15) is 4.79 Å². The van der Waals surface area contributed by atoms with Gasteiger partial charge in [-0.05, 0) is 37.5 Å². The molecule has 1 saturated heterocycles. The van der Waals surface area contributed by atoms with E-state index in [4.69, 9.17) is 20.5 Å². The average molecular weight is 360 g/mol. The van der Waals surface area contributed by atoms with E-state index >= 15 is 0 Å². The highest BCUT2D eigenvalue weighted by molar-refractivity contribution is 6.32. The summed E-state index contributed by atoms with van der Waals surface area (Å²) in [7, 11) is 0. The van der Waals surface area contributed by atoms with E-state index in [0.717, 1.165) is 41.5 Å². The summed E-state index contributed by atoms with van der Waals surface area (Å²) in [6, 6.07) is 3.77. The Balaban J connectivity index is 1.51. The Morgan fingerprint density at radius 2 is 2.32 bits per heavy atom. The van der Waals surface area contributed by atoms with Gasteiger partial charge in [-0.25, -0.2) is 0 Å². The summed E-state index contributed by atoms with van der Waals surface area (Å²) < 4.78 is 10.4. The first-order chi connectivity index (χ1) is 12.1. The van der Waals surface area contributed by atoms with Crippen LogP contribution in [0, 0.1) is 6.92 Å². The molecule has 1 aliphatic heterocycles. The van der Waals surface area contributed by atoms with Crippen molar-refractivity contribution in [3.63, 3.8) is 0 Å². The summed E-state index contributed by atoms with van der Waals surface area (Å²) in [5.41, 5.74) is 2.58. The van der Waals surface area contributed by atoms with Gasteiger partial charge in [0.1, 0.15) is 5.58 Å². The number of aromatic nitrogens is 2. The van der Waals surface area contributed by atoms with Gasteiger partial charge in [-0.2, -0.15) is 4.98 Å². The zero-order valence-corrected chi connectivity index (χ0v) is 14.6. The van der Waals surface area contributed by atoms with Crippen molar-refractivity contribution in [1.82, 2.24) is 15.0 Å². The highest BCUT2D eigenvalue weighted by Gasteiger charge is 2.27. The second-order valence-electron chi connectivity index (χ2n) is 6.50. The predicted molar refractivity (Wildman–Crippen MR) is 92.5 cm³/mol. The molecule has 0 saturated carbocycles. The predicted octanol–water partition coefficient (Wildman–Crippen LogP) is 3.73. The van der Waals surface area contributed by atoms with Gasteiger partial charge in [0.15, 0.2) is 5.82 Å². The third kappa shape index (κ3) is 3.14. The lowest BCUT2D eigenvalue weighted by Crippen LogP contribution is -2.40. The monoisotopic (exact) mass is 359 g/mol. The number of hydrogen-bond donors (Lipinski definition) is 0. The van der Waals surface area contributed by atoms with Crippen molar-refractivity contribution in [2.24, 2.45) is 0 Å². The van der Waals surface area contributed by atoms with Gasteiger partial charge in [-0.3, -0.25) is 4.79 Å². The number of aryl methyl sites for hydroxylation is 1. The smallest absolute Gasteiger partial charge is 0.227 e. The quantitative estimate of drug-likeness (QED) is 0.712. The van der Waals surface area contributed by atoms with Gasteiger partial charge in [0.25, 0.3) is 0 Å². The minimum absolute atomic E-state index is 0.0765. The van der Waals surface area contributed by atoms with Crippen LogP contribution < -0.4 is 0 Å². The summed E-state index contributed by atoms with van der Waals surface area (Å²) in [6.45, 7) is 3.30. The first-order valence-electron chi connectivity index (χ1n) is 8.32. The standard InChI is InChI=1S/C18H18ClN3O3/c1-11-5-16-14(7-15(11)19)13(9-24-16)6-17(23)22-4-2-3-12(8-22)18-20-10-25-21-18/h5,7,9-10,12H,2-4,6,8H2,1H3/t12-/m0/s1. The van der Waals surface area contributed by atoms with Crippen molar-refractivity contribution < 1.29 is 13.7 Å². The summed E-state index contributed by atoms with van der Waals surface area (Å²) >= 11 is 6.22. The molecule has 4 rings (SSSR count). The number of benzene rings is 1. The van der Waals surface area contributed by atoms with Crippen LogP contribution >= 0.6 is 11.6 Å². The number of amides is 1. The van der Waals surface area contributed by atoms with Gasteiger partial charge in [-0.1, -0.05) is 16.8 Å². The third-order valence-electron chi connectivity index (χ3n) is 4.79. The van der Waals surface area contributed by atoms with Crippen LogP contribution in [0.3, 0.4) is 0 Å². The van der Waals surface area contributed by atoms with Crippen molar-refractivity contribution >= 4 is 28.5 Å². The normalized spacial score (nSPS) is 18.0. The number of carbonyl (C=O) groups excluding carboxylic acids is 1. The number of furan rings is 1. The van der Waals surface area contributed by atoms with Gasteiger partial charge in [0, 0.05) is 35.0 Å². The van der Waals surface area contributed by atoms with Crippen molar-refractivity contribution in [3.8, 4) is 0 Å². The first-order valence-corrected chi connectivity index (χ1v) is 8.70. The third-order valence-corrected chi connectivity index (χ3v) is 5.20. The lowest BCUT2D eigenvalue weighted by Gasteiger charge is -2.31. The van der Waals surface area contributed by atoms with Crippen LogP contribution in [0.2, 0.25) is 5.02 Å². The summed E-state index contributed by atoms with van der Waals surface area (Å²) in [6.07, 6.45) is 5.18. The maximum absolute atomic E-state index is 12.8. The molecule has 0 radical (unpaired) electrons. The maximum atomic E-state index is 12.8. The van der Waals surface area contributed by atoms with E-state index in [1.807, 2.05) is 24.0 Å². The number of carbonyl (C=O) groups is 1. The molecule has 6 nitrogen and oxygen atoms in total. The highest BCUT2D eigenvalue weighted by atomic mass is 35.5. The van der Waals surface area contributed by atoms with Crippen LogP contribution in [-0.2, 0) is 11.2 Å². The summed E-state index contributed by atoms with van der Waals surface area (Å²) in [5.74, 6) is 0.885. The molecule has 3 aromatic rings.